The van der Waals surface area contributed by atoms with E-state index in [1.165, 1.54) is 38.5 Å². The van der Waals surface area contributed by atoms with Gasteiger partial charge in [-0.1, -0.05) is 31.9 Å². The van der Waals surface area contributed by atoms with Crippen molar-refractivity contribution in [2.24, 2.45) is 17.8 Å². The van der Waals surface area contributed by atoms with Crippen molar-refractivity contribution in [3.05, 3.63) is 11.6 Å². The molecular weight excluding hydrogens is 156 g/mol. The molecule has 0 heterocycles. The van der Waals surface area contributed by atoms with Crippen molar-refractivity contribution in [2.75, 3.05) is 0 Å². The van der Waals surface area contributed by atoms with Crippen LogP contribution >= 0.6 is 0 Å². The molecular formula is C13H22. The van der Waals surface area contributed by atoms with Crippen molar-refractivity contribution in [3.8, 4) is 0 Å². The number of allylic oxidation sites excluding steroid dienone is 2. The van der Waals surface area contributed by atoms with Crippen LogP contribution in [-0.2, 0) is 0 Å². The van der Waals surface area contributed by atoms with Gasteiger partial charge >= 0.3 is 0 Å². The van der Waals surface area contributed by atoms with Crippen LogP contribution in [0.15, 0.2) is 11.6 Å². The fraction of sp³-hybridized carbons (Fsp3) is 0.846. The predicted octanol–water partition coefficient (Wildman–Crippen LogP) is 4.17. The quantitative estimate of drug-likeness (QED) is 0.529. The van der Waals surface area contributed by atoms with E-state index in [0.29, 0.717) is 0 Å². The first-order chi connectivity index (χ1) is 6.29. The number of hydrogen-bond donors (Lipinski definition) is 0. The second kappa shape index (κ2) is 3.86. The highest BCUT2D eigenvalue weighted by Crippen LogP contribution is 2.42. The lowest BCUT2D eigenvalue weighted by atomic mass is 9.68. The van der Waals surface area contributed by atoms with Gasteiger partial charge in [0.15, 0.2) is 0 Å². The maximum absolute atomic E-state index is 2.57. The van der Waals surface area contributed by atoms with E-state index in [0.717, 1.165) is 17.8 Å². The normalized spacial score (nSPS) is 34.2. The monoisotopic (exact) mass is 178 g/mol. The van der Waals surface area contributed by atoms with Gasteiger partial charge in [-0.05, 0) is 49.9 Å². The first-order valence-corrected chi connectivity index (χ1v) is 5.99. The van der Waals surface area contributed by atoms with Gasteiger partial charge in [0.1, 0.15) is 0 Å². The van der Waals surface area contributed by atoms with Crippen LogP contribution in [0.4, 0.5) is 0 Å². The lowest BCUT2D eigenvalue weighted by molar-refractivity contribution is 0.282. The van der Waals surface area contributed by atoms with Crippen molar-refractivity contribution in [2.45, 2.75) is 52.4 Å². The molecule has 2 rings (SSSR count). The van der Waals surface area contributed by atoms with E-state index in [1.807, 2.05) is 5.57 Å². The van der Waals surface area contributed by atoms with Gasteiger partial charge in [-0.3, -0.25) is 0 Å². The molecule has 0 aromatic heterocycles. The minimum Gasteiger partial charge on any atom is -0.0848 e. The molecule has 0 aromatic carbocycles. The van der Waals surface area contributed by atoms with Crippen LogP contribution in [0, 0.1) is 17.8 Å². The van der Waals surface area contributed by atoms with Crippen LogP contribution in [0.5, 0.6) is 0 Å². The van der Waals surface area contributed by atoms with E-state index < -0.39 is 0 Å². The highest BCUT2D eigenvalue weighted by atomic mass is 14.3. The Hall–Kier alpha value is -0.260. The molecule has 0 spiro atoms. The molecule has 0 radical (unpaired) electrons. The highest BCUT2D eigenvalue weighted by molar-refractivity contribution is 5.16. The Kier molecular flexibility index (Phi) is 2.76. The Labute approximate surface area is 82.4 Å². The standard InChI is InChI=1S/C13H22/c1-10(2)12-9-5-7-11-6-3-4-8-13(11)12/h8,10-12H,3-7,9H2,1-2H3. The van der Waals surface area contributed by atoms with Crippen LogP contribution in [0.1, 0.15) is 52.4 Å². The summed E-state index contributed by atoms with van der Waals surface area (Å²) in [6.07, 6.45) is 11.3. The molecule has 74 valence electrons. The third-order valence-corrected chi connectivity index (χ3v) is 3.91. The molecule has 0 bridgehead atoms. The summed E-state index contributed by atoms with van der Waals surface area (Å²) >= 11 is 0. The van der Waals surface area contributed by atoms with Crippen LogP contribution < -0.4 is 0 Å². The lowest BCUT2D eigenvalue weighted by Crippen LogP contribution is -2.25. The largest absolute Gasteiger partial charge is 0.0848 e. The Balaban J connectivity index is 2.15. The predicted molar refractivity (Wildman–Crippen MR) is 57.6 cm³/mol. The van der Waals surface area contributed by atoms with Gasteiger partial charge in [0.05, 0.1) is 0 Å². The summed E-state index contributed by atoms with van der Waals surface area (Å²) in [6.45, 7) is 4.78. The van der Waals surface area contributed by atoms with Gasteiger partial charge in [-0.2, -0.15) is 0 Å². The minimum absolute atomic E-state index is 0.868. The molecule has 2 aliphatic rings. The smallest absolute Gasteiger partial charge is 0.0177 e. The van der Waals surface area contributed by atoms with Crippen LogP contribution in [0.3, 0.4) is 0 Å². The number of hydrogen-bond acceptors (Lipinski definition) is 0. The SMILES string of the molecule is CC(C)C1CCCC2CCCC=C21. The molecule has 2 unspecified atom stereocenters. The summed E-state index contributed by atoms with van der Waals surface area (Å²) in [4.78, 5) is 0. The zero-order valence-corrected chi connectivity index (χ0v) is 9.05. The van der Waals surface area contributed by atoms with Gasteiger partial charge in [-0.15, -0.1) is 0 Å². The zero-order valence-electron chi connectivity index (χ0n) is 9.05. The van der Waals surface area contributed by atoms with Crippen molar-refractivity contribution in [3.63, 3.8) is 0 Å². The maximum Gasteiger partial charge on any atom is -0.0177 e. The van der Waals surface area contributed by atoms with Crippen LogP contribution in [0.2, 0.25) is 0 Å². The molecule has 0 heteroatoms. The first kappa shape index (κ1) is 9.30. The Morgan fingerprint density at radius 2 is 1.92 bits per heavy atom. The average Bonchev–Trinajstić information content (AvgIpc) is 2.17. The molecule has 0 aliphatic heterocycles. The molecule has 0 nitrogen and oxygen atoms in total. The third kappa shape index (κ3) is 1.82. The fourth-order valence-electron chi connectivity index (χ4n) is 3.20. The van der Waals surface area contributed by atoms with E-state index in [-0.39, 0.29) is 0 Å². The van der Waals surface area contributed by atoms with Crippen LogP contribution in [-0.4, -0.2) is 0 Å². The Morgan fingerprint density at radius 1 is 1.15 bits per heavy atom. The third-order valence-electron chi connectivity index (χ3n) is 3.91. The van der Waals surface area contributed by atoms with Gasteiger partial charge < -0.3 is 0 Å². The number of rotatable bonds is 1. The van der Waals surface area contributed by atoms with E-state index in [2.05, 4.69) is 19.9 Å². The Morgan fingerprint density at radius 3 is 2.69 bits per heavy atom. The summed E-state index contributed by atoms with van der Waals surface area (Å²) in [5, 5.41) is 0. The van der Waals surface area contributed by atoms with E-state index in [1.54, 1.807) is 0 Å². The zero-order chi connectivity index (χ0) is 9.26. The van der Waals surface area contributed by atoms with Gasteiger partial charge in [-0.25, -0.2) is 0 Å². The summed E-state index contributed by atoms with van der Waals surface area (Å²) < 4.78 is 0. The molecule has 2 aliphatic carbocycles. The molecule has 0 aromatic rings. The van der Waals surface area contributed by atoms with Crippen LogP contribution in [0.25, 0.3) is 0 Å². The van der Waals surface area contributed by atoms with E-state index >= 15 is 0 Å². The summed E-state index contributed by atoms with van der Waals surface area (Å²) in [5.41, 5.74) is 1.84. The minimum atomic E-state index is 0.868. The second-order valence-corrected chi connectivity index (χ2v) is 5.11. The van der Waals surface area contributed by atoms with Gasteiger partial charge in [0.25, 0.3) is 0 Å². The lowest BCUT2D eigenvalue weighted by Gasteiger charge is -2.37. The average molecular weight is 178 g/mol. The highest BCUT2D eigenvalue weighted by Gasteiger charge is 2.29. The molecule has 0 amide bonds. The Bertz CT molecular complexity index is 200. The van der Waals surface area contributed by atoms with E-state index in [4.69, 9.17) is 0 Å². The van der Waals surface area contributed by atoms with Crippen molar-refractivity contribution in [1.29, 1.82) is 0 Å². The topological polar surface area (TPSA) is 0 Å². The molecule has 0 saturated heterocycles. The molecule has 1 fully saturated rings. The van der Waals surface area contributed by atoms with Crippen molar-refractivity contribution < 1.29 is 0 Å². The van der Waals surface area contributed by atoms with Crippen molar-refractivity contribution >= 4 is 0 Å². The van der Waals surface area contributed by atoms with Gasteiger partial charge in [0, 0.05) is 0 Å². The van der Waals surface area contributed by atoms with Crippen molar-refractivity contribution in [1.82, 2.24) is 0 Å². The first-order valence-electron chi connectivity index (χ1n) is 5.99. The fourth-order valence-corrected chi connectivity index (χ4v) is 3.20. The molecule has 2 atom stereocenters. The number of fused-ring (bicyclic) bond motifs is 1. The maximum atomic E-state index is 2.57. The molecule has 13 heavy (non-hydrogen) atoms. The summed E-state index contributed by atoms with van der Waals surface area (Å²) in [6, 6.07) is 0. The molecule has 0 N–H and O–H groups in total. The van der Waals surface area contributed by atoms with Gasteiger partial charge in [0.2, 0.25) is 0 Å². The summed E-state index contributed by atoms with van der Waals surface area (Å²) in [5.74, 6) is 2.78. The molecule has 1 saturated carbocycles. The summed E-state index contributed by atoms with van der Waals surface area (Å²) in [7, 11) is 0. The second-order valence-electron chi connectivity index (χ2n) is 5.11. The van der Waals surface area contributed by atoms with E-state index in [9.17, 15) is 0 Å².